The molecule has 6 nitrogen and oxygen atoms in total. The van der Waals surface area contributed by atoms with Gasteiger partial charge in [0.2, 0.25) is 0 Å². The summed E-state index contributed by atoms with van der Waals surface area (Å²) in [7, 11) is 0. The van der Waals surface area contributed by atoms with E-state index in [4.69, 9.17) is 18.9 Å². The standard InChI is InChI=1S/C13H24O6/c1-12(2,3)19-11-9(15)8(14)10(17-11)7-6-16-13(4,5)18-7/h7-11,14-15H,6H2,1-5H3/t7?,8-,9-,10-,11-/m1/s1. The maximum absolute atomic E-state index is 10.1. The van der Waals surface area contributed by atoms with Crippen LogP contribution in [0.25, 0.3) is 0 Å². The van der Waals surface area contributed by atoms with Crippen molar-refractivity contribution in [1.82, 2.24) is 0 Å². The second-order valence-electron chi connectivity index (χ2n) is 6.55. The Morgan fingerprint density at radius 1 is 1.16 bits per heavy atom. The van der Waals surface area contributed by atoms with Crippen LogP contribution in [-0.2, 0) is 18.9 Å². The fourth-order valence-electron chi connectivity index (χ4n) is 2.30. The van der Waals surface area contributed by atoms with E-state index in [2.05, 4.69) is 0 Å². The number of aliphatic hydroxyl groups excluding tert-OH is 2. The zero-order valence-electron chi connectivity index (χ0n) is 12.1. The number of aliphatic hydroxyl groups is 2. The third kappa shape index (κ3) is 3.45. The lowest BCUT2D eigenvalue weighted by Gasteiger charge is -2.26. The molecule has 0 aromatic rings. The van der Waals surface area contributed by atoms with Crippen LogP contribution in [-0.4, -0.2) is 58.9 Å². The van der Waals surface area contributed by atoms with Crippen molar-refractivity contribution < 1.29 is 29.2 Å². The quantitative estimate of drug-likeness (QED) is 0.760. The molecule has 2 saturated heterocycles. The summed E-state index contributed by atoms with van der Waals surface area (Å²) in [5.74, 6) is -0.693. The summed E-state index contributed by atoms with van der Waals surface area (Å²) in [5, 5.41) is 20.1. The predicted molar refractivity (Wildman–Crippen MR) is 66.4 cm³/mol. The Morgan fingerprint density at radius 2 is 1.79 bits per heavy atom. The summed E-state index contributed by atoms with van der Waals surface area (Å²) in [5.41, 5.74) is -0.466. The van der Waals surface area contributed by atoms with Gasteiger partial charge in [0, 0.05) is 0 Å². The first-order chi connectivity index (χ1) is 8.59. The number of rotatable bonds is 2. The van der Waals surface area contributed by atoms with Crippen molar-refractivity contribution in [3.8, 4) is 0 Å². The van der Waals surface area contributed by atoms with Crippen molar-refractivity contribution in [3.63, 3.8) is 0 Å². The van der Waals surface area contributed by atoms with Gasteiger partial charge in [-0.15, -0.1) is 0 Å². The molecule has 0 bridgehead atoms. The van der Waals surface area contributed by atoms with Gasteiger partial charge in [-0.3, -0.25) is 0 Å². The Morgan fingerprint density at radius 3 is 2.26 bits per heavy atom. The molecule has 19 heavy (non-hydrogen) atoms. The zero-order chi connectivity index (χ0) is 14.4. The first-order valence-corrected chi connectivity index (χ1v) is 6.60. The molecule has 2 aliphatic heterocycles. The highest BCUT2D eigenvalue weighted by atomic mass is 16.8. The normalized spacial score (nSPS) is 42.8. The van der Waals surface area contributed by atoms with Crippen molar-refractivity contribution in [1.29, 1.82) is 0 Å². The average Bonchev–Trinajstić information content (AvgIpc) is 2.71. The van der Waals surface area contributed by atoms with Crippen LogP contribution in [0.1, 0.15) is 34.6 Å². The van der Waals surface area contributed by atoms with Crippen LogP contribution in [0.2, 0.25) is 0 Å². The van der Waals surface area contributed by atoms with Gasteiger partial charge in [0.25, 0.3) is 0 Å². The predicted octanol–water partition coefficient (Wildman–Crippen LogP) is 0.400. The Kier molecular flexibility index (Phi) is 3.94. The van der Waals surface area contributed by atoms with Gasteiger partial charge in [-0.2, -0.15) is 0 Å². The average molecular weight is 276 g/mol. The van der Waals surface area contributed by atoms with E-state index >= 15 is 0 Å². The summed E-state index contributed by atoms with van der Waals surface area (Å²) in [4.78, 5) is 0. The highest BCUT2D eigenvalue weighted by Crippen LogP contribution is 2.33. The van der Waals surface area contributed by atoms with Gasteiger partial charge in [0.05, 0.1) is 12.2 Å². The number of hydrogen-bond donors (Lipinski definition) is 2. The van der Waals surface area contributed by atoms with Crippen LogP contribution in [0.15, 0.2) is 0 Å². The van der Waals surface area contributed by atoms with Crippen molar-refractivity contribution in [2.45, 2.75) is 76.7 Å². The number of ether oxygens (including phenoxy) is 4. The largest absolute Gasteiger partial charge is 0.387 e. The summed E-state index contributed by atoms with van der Waals surface area (Å²) in [6, 6.07) is 0. The minimum atomic E-state index is -1.09. The molecule has 2 fully saturated rings. The summed E-state index contributed by atoms with van der Waals surface area (Å²) in [6.07, 6.45) is -4.05. The molecule has 2 N–H and O–H groups in total. The molecule has 5 atom stereocenters. The van der Waals surface area contributed by atoms with E-state index in [0.29, 0.717) is 6.61 Å². The van der Waals surface area contributed by atoms with E-state index in [0.717, 1.165) is 0 Å². The molecule has 0 aromatic carbocycles. The molecule has 2 aliphatic rings. The van der Waals surface area contributed by atoms with E-state index in [1.165, 1.54) is 0 Å². The maximum Gasteiger partial charge on any atom is 0.187 e. The van der Waals surface area contributed by atoms with E-state index in [1.54, 1.807) is 13.8 Å². The van der Waals surface area contributed by atoms with Gasteiger partial charge in [-0.25, -0.2) is 0 Å². The smallest absolute Gasteiger partial charge is 0.187 e. The molecule has 0 radical (unpaired) electrons. The molecular weight excluding hydrogens is 252 g/mol. The summed E-state index contributed by atoms with van der Waals surface area (Å²) >= 11 is 0. The van der Waals surface area contributed by atoms with Gasteiger partial charge >= 0.3 is 0 Å². The highest BCUT2D eigenvalue weighted by molar-refractivity contribution is 4.94. The molecule has 0 saturated carbocycles. The van der Waals surface area contributed by atoms with Crippen LogP contribution >= 0.6 is 0 Å². The Balaban J connectivity index is 2.01. The van der Waals surface area contributed by atoms with Gasteiger partial charge in [-0.05, 0) is 34.6 Å². The highest BCUT2D eigenvalue weighted by Gasteiger charge is 2.51. The van der Waals surface area contributed by atoms with Crippen molar-refractivity contribution in [2.75, 3.05) is 6.61 Å². The van der Waals surface area contributed by atoms with Crippen molar-refractivity contribution >= 4 is 0 Å². The van der Waals surface area contributed by atoms with Crippen LogP contribution < -0.4 is 0 Å². The Labute approximate surface area is 113 Å². The minimum Gasteiger partial charge on any atom is -0.387 e. The molecule has 2 rings (SSSR count). The molecule has 0 spiro atoms. The van der Waals surface area contributed by atoms with Crippen LogP contribution in [0.4, 0.5) is 0 Å². The van der Waals surface area contributed by atoms with Gasteiger partial charge < -0.3 is 29.2 Å². The minimum absolute atomic E-state index is 0.323. The second kappa shape index (κ2) is 4.95. The van der Waals surface area contributed by atoms with Crippen molar-refractivity contribution in [3.05, 3.63) is 0 Å². The van der Waals surface area contributed by atoms with Crippen LogP contribution in [0.5, 0.6) is 0 Å². The maximum atomic E-state index is 10.1. The van der Waals surface area contributed by atoms with Crippen LogP contribution in [0, 0.1) is 0 Å². The summed E-state index contributed by atoms with van der Waals surface area (Å²) < 4.78 is 22.3. The van der Waals surface area contributed by atoms with Crippen LogP contribution in [0.3, 0.4) is 0 Å². The topological polar surface area (TPSA) is 77.4 Å². The molecule has 2 heterocycles. The molecule has 0 aliphatic carbocycles. The second-order valence-corrected chi connectivity index (χ2v) is 6.55. The Hall–Kier alpha value is -0.240. The third-order valence-corrected chi connectivity index (χ3v) is 3.12. The fraction of sp³-hybridized carbons (Fsp3) is 1.00. The molecular formula is C13H24O6. The Bertz CT molecular complexity index is 324. The molecule has 112 valence electrons. The third-order valence-electron chi connectivity index (χ3n) is 3.12. The molecule has 6 heteroatoms. The number of hydrogen-bond acceptors (Lipinski definition) is 6. The van der Waals surface area contributed by atoms with E-state index in [-0.39, 0.29) is 0 Å². The van der Waals surface area contributed by atoms with Gasteiger partial charge in [-0.1, -0.05) is 0 Å². The first-order valence-electron chi connectivity index (χ1n) is 6.60. The SMILES string of the molecule is CC(C)(C)O[C@H]1O[C@H](C2COC(C)(C)O2)[C@H](O)[C@H]1O. The van der Waals surface area contributed by atoms with E-state index in [9.17, 15) is 10.2 Å². The molecule has 0 aromatic heterocycles. The lowest BCUT2D eigenvalue weighted by atomic mass is 10.1. The first kappa shape index (κ1) is 15.2. The monoisotopic (exact) mass is 276 g/mol. The van der Waals surface area contributed by atoms with Gasteiger partial charge in [0.1, 0.15) is 24.4 Å². The fourth-order valence-corrected chi connectivity index (χ4v) is 2.30. The van der Waals surface area contributed by atoms with Gasteiger partial charge in [0.15, 0.2) is 12.1 Å². The summed E-state index contributed by atoms with van der Waals surface area (Å²) in [6.45, 7) is 9.51. The zero-order valence-corrected chi connectivity index (χ0v) is 12.1. The van der Waals surface area contributed by atoms with Crippen molar-refractivity contribution in [2.24, 2.45) is 0 Å². The molecule has 0 amide bonds. The lowest BCUT2D eigenvalue weighted by Crippen LogP contribution is -2.41. The van der Waals surface area contributed by atoms with E-state index < -0.39 is 42.1 Å². The van der Waals surface area contributed by atoms with E-state index in [1.807, 2.05) is 20.8 Å². The molecule has 1 unspecified atom stereocenters. The lowest BCUT2D eigenvalue weighted by molar-refractivity contribution is -0.225.